The Morgan fingerprint density at radius 3 is 3.05 bits per heavy atom. The molecule has 106 valence electrons. The molecule has 1 aromatic heterocycles. The molecule has 2 rings (SSSR count). The van der Waals surface area contributed by atoms with Crippen LogP contribution in [0.25, 0.3) is 0 Å². The number of rotatable bonds is 6. The van der Waals surface area contributed by atoms with Crippen molar-refractivity contribution in [1.82, 2.24) is 20.1 Å². The molecule has 1 saturated heterocycles. The Morgan fingerprint density at radius 2 is 2.42 bits per heavy atom. The number of hydrogen-bond acceptors (Lipinski definition) is 5. The van der Waals surface area contributed by atoms with Gasteiger partial charge in [0.1, 0.15) is 11.9 Å². The summed E-state index contributed by atoms with van der Waals surface area (Å²) < 4.78 is 7.41. The summed E-state index contributed by atoms with van der Waals surface area (Å²) in [6, 6.07) is 0. The highest BCUT2D eigenvalue weighted by molar-refractivity contribution is 7.98. The molecule has 1 fully saturated rings. The summed E-state index contributed by atoms with van der Waals surface area (Å²) in [5, 5.41) is 12.1. The third-order valence-corrected chi connectivity index (χ3v) is 3.83. The van der Waals surface area contributed by atoms with E-state index in [2.05, 4.69) is 27.0 Å². The van der Waals surface area contributed by atoms with Crippen molar-refractivity contribution < 1.29 is 9.53 Å². The zero-order chi connectivity index (χ0) is 13.7. The second kappa shape index (κ2) is 6.91. The first-order chi connectivity index (χ1) is 9.26. The predicted molar refractivity (Wildman–Crippen MR) is 73.2 cm³/mol. The van der Waals surface area contributed by atoms with E-state index in [1.807, 2.05) is 6.26 Å². The van der Waals surface area contributed by atoms with Crippen molar-refractivity contribution in [3.05, 3.63) is 5.82 Å². The smallest absolute Gasteiger partial charge is 0.249 e. The van der Waals surface area contributed by atoms with E-state index in [1.165, 1.54) is 0 Å². The Morgan fingerprint density at radius 1 is 1.58 bits per heavy atom. The first-order valence-corrected chi connectivity index (χ1v) is 7.84. The summed E-state index contributed by atoms with van der Waals surface area (Å²) >= 11 is 1.58. The molecular formula is C12H20N4O2S. The van der Waals surface area contributed by atoms with Crippen molar-refractivity contribution in [2.24, 2.45) is 0 Å². The first-order valence-electron chi connectivity index (χ1n) is 6.61. The number of hydrogen-bond donors (Lipinski definition) is 1. The zero-order valence-electron chi connectivity index (χ0n) is 11.4. The number of nitrogens with zero attached hydrogens (tertiary/aromatic N) is 3. The third-order valence-electron chi connectivity index (χ3n) is 3.16. The Balaban J connectivity index is 1.82. The number of ether oxygens (including phenoxy) is 1. The van der Waals surface area contributed by atoms with Crippen molar-refractivity contribution >= 4 is 17.7 Å². The molecule has 1 aromatic rings. The molecule has 1 aliphatic heterocycles. The second-order valence-corrected chi connectivity index (χ2v) is 5.16. The molecule has 0 saturated carbocycles. The molecule has 19 heavy (non-hydrogen) atoms. The molecular weight excluding hydrogens is 264 g/mol. The number of aromatic nitrogens is 3. The van der Waals surface area contributed by atoms with E-state index in [0.717, 1.165) is 30.4 Å². The van der Waals surface area contributed by atoms with Gasteiger partial charge < -0.3 is 14.6 Å². The molecule has 6 nitrogen and oxygen atoms in total. The molecule has 0 radical (unpaired) electrons. The van der Waals surface area contributed by atoms with E-state index < -0.39 is 0 Å². The van der Waals surface area contributed by atoms with Gasteiger partial charge in [-0.25, -0.2) is 0 Å². The van der Waals surface area contributed by atoms with Crippen LogP contribution in [0.5, 0.6) is 0 Å². The van der Waals surface area contributed by atoms with E-state index in [9.17, 15) is 4.79 Å². The summed E-state index contributed by atoms with van der Waals surface area (Å²) in [4.78, 5) is 11.8. The minimum absolute atomic E-state index is 0.00912. The van der Waals surface area contributed by atoms with E-state index in [1.54, 1.807) is 11.8 Å². The summed E-state index contributed by atoms with van der Waals surface area (Å²) in [6.45, 7) is 4.18. The van der Waals surface area contributed by atoms with Gasteiger partial charge in [-0.1, -0.05) is 11.8 Å². The van der Waals surface area contributed by atoms with Gasteiger partial charge in [0.15, 0.2) is 5.16 Å². The van der Waals surface area contributed by atoms with Crippen LogP contribution in [-0.4, -0.2) is 46.2 Å². The van der Waals surface area contributed by atoms with Crippen molar-refractivity contribution in [2.75, 3.05) is 19.4 Å². The van der Waals surface area contributed by atoms with Crippen LogP contribution < -0.4 is 5.32 Å². The van der Waals surface area contributed by atoms with Gasteiger partial charge in [0.2, 0.25) is 5.91 Å². The lowest BCUT2D eigenvalue weighted by Gasteiger charge is -2.10. The highest BCUT2D eigenvalue weighted by Crippen LogP contribution is 2.14. The van der Waals surface area contributed by atoms with Gasteiger partial charge in [0.25, 0.3) is 0 Å². The highest BCUT2D eigenvalue weighted by Gasteiger charge is 2.23. The van der Waals surface area contributed by atoms with Crippen LogP contribution >= 0.6 is 11.8 Å². The third kappa shape index (κ3) is 3.48. The molecule has 1 unspecified atom stereocenters. The summed E-state index contributed by atoms with van der Waals surface area (Å²) in [6.07, 6.45) is 4.22. The fraction of sp³-hybridized carbons (Fsp3) is 0.750. The first kappa shape index (κ1) is 14.3. The van der Waals surface area contributed by atoms with Gasteiger partial charge in [-0.05, 0) is 26.0 Å². The van der Waals surface area contributed by atoms with Gasteiger partial charge in [0, 0.05) is 26.1 Å². The Labute approximate surface area is 117 Å². The monoisotopic (exact) mass is 284 g/mol. The number of carbonyl (C=O) groups excluding carboxylic acids is 1. The minimum Gasteiger partial charge on any atom is -0.368 e. The molecule has 1 aliphatic rings. The molecule has 1 amide bonds. The van der Waals surface area contributed by atoms with Gasteiger partial charge in [-0.15, -0.1) is 10.2 Å². The quantitative estimate of drug-likeness (QED) is 0.785. The van der Waals surface area contributed by atoms with Crippen molar-refractivity contribution in [2.45, 2.75) is 44.0 Å². The Kier molecular flexibility index (Phi) is 5.21. The standard InChI is InChI=1S/C12H20N4O2S/c1-3-16-10(14-15-12(16)19-2)6-7-13-11(17)9-5-4-8-18-9/h9H,3-8H2,1-2H3,(H,13,17). The van der Waals surface area contributed by atoms with Crippen LogP contribution in [0.2, 0.25) is 0 Å². The summed E-state index contributed by atoms with van der Waals surface area (Å²) in [7, 11) is 0. The van der Waals surface area contributed by atoms with Gasteiger partial charge in [-0.2, -0.15) is 0 Å². The van der Waals surface area contributed by atoms with Crippen molar-refractivity contribution in [3.8, 4) is 0 Å². The van der Waals surface area contributed by atoms with Gasteiger partial charge in [0.05, 0.1) is 0 Å². The lowest BCUT2D eigenvalue weighted by molar-refractivity contribution is -0.130. The highest BCUT2D eigenvalue weighted by atomic mass is 32.2. The molecule has 2 heterocycles. The topological polar surface area (TPSA) is 69.0 Å². The largest absolute Gasteiger partial charge is 0.368 e. The average molecular weight is 284 g/mol. The van der Waals surface area contributed by atoms with Crippen LogP contribution in [0.1, 0.15) is 25.6 Å². The van der Waals surface area contributed by atoms with Gasteiger partial charge in [-0.3, -0.25) is 4.79 Å². The summed E-state index contributed by atoms with van der Waals surface area (Å²) in [5.74, 6) is 0.907. The molecule has 0 spiro atoms. The maximum absolute atomic E-state index is 11.8. The molecule has 0 aliphatic carbocycles. The lowest BCUT2D eigenvalue weighted by Crippen LogP contribution is -2.35. The van der Waals surface area contributed by atoms with Crippen LogP contribution in [0, 0.1) is 0 Å². The van der Waals surface area contributed by atoms with Crippen molar-refractivity contribution in [3.63, 3.8) is 0 Å². The zero-order valence-corrected chi connectivity index (χ0v) is 12.2. The fourth-order valence-electron chi connectivity index (χ4n) is 2.17. The fourth-order valence-corrected chi connectivity index (χ4v) is 2.75. The lowest BCUT2D eigenvalue weighted by atomic mass is 10.2. The molecule has 0 bridgehead atoms. The molecule has 0 aromatic carbocycles. The van der Waals surface area contributed by atoms with Gasteiger partial charge >= 0.3 is 0 Å². The van der Waals surface area contributed by atoms with E-state index in [-0.39, 0.29) is 12.0 Å². The molecule has 7 heteroatoms. The Bertz CT molecular complexity index is 429. The predicted octanol–water partition coefficient (Wildman–Crippen LogP) is 0.858. The SMILES string of the molecule is CCn1c(CCNC(=O)C2CCCO2)nnc1SC. The van der Waals surface area contributed by atoms with Crippen molar-refractivity contribution in [1.29, 1.82) is 0 Å². The van der Waals surface area contributed by atoms with Crippen LogP contribution in [-0.2, 0) is 22.5 Å². The maximum Gasteiger partial charge on any atom is 0.249 e. The maximum atomic E-state index is 11.8. The van der Waals surface area contributed by atoms with Crippen LogP contribution in [0.4, 0.5) is 0 Å². The molecule has 1 atom stereocenters. The Hall–Kier alpha value is -1.08. The number of carbonyl (C=O) groups is 1. The average Bonchev–Trinajstić information content (AvgIpc) is 3.07. The number of amides is 1. The molecule has 1 N–H and O–H groups in total. The van der Waals surface area contributed by atoms with E-state index >= 15 is 0 Å². The number of thioether (sulfide) groups is 1. The second-order valence-electron chi connectivity index (χ2n) is 4.39. The van der Waals surface area contributed by atoms with Crippen LogP contribution in [0.15, 0.2) is 5.16 Å². The van der Waals surface area contributed by atoms with E-state index in [0.29, 0.717) is 19.6 Å². The minimum atomic E-state index is -0.259. The summed E-state index contributed by atoms with van der Waals surface area (Å²) in [5.41, 5.74) is 0. The normalized spacial score (nSPS) is 18.7. The van der Waals surface area contributed by atoms with Crippen LogP contribution in [0.3, 0.4) is 0 Å². The van der Waals surface area contributed by atoms with E-state index in [4.69, 9.17) is 4.74 Å². The number of nitrogens with one attached hydrogen (secondary N) is 1.